The summed E-state index contributed by atoms with van der Waals surface area (Å²) < 4.78 is 0. The summed E-state index contributed by atoms with van der Waals surface area (Å²) >= 11 is 0. The van der Waals surface area contributed by atoms with E-state index in [-0.39, 0.29) is 158 Å². The third kappa shape index (κ3) is 42.7. The third-order valence-corrected chi connectivity index (χ3v) is 9.06. The van der Waals surface area contributed by atoms with Crippen LogP contribution in [0, 0.1) is 0 Å². The number of carboxylic acids is 6. The van der Waals surface area contributed by atoms with Crippen molar-refractivity contribution in [2.24, 2.45) is 0 Å². The molecule has 0 bridgehead atoms. The molecule has 0 aromatic rings. The molecule has 2 heterocycles. The molecule has 63 heavy (non-hydrogen) atoms. The van der Waals surface area contributed by atoms with Crippen LogP contribution in [0.15, 0.2) is 0 Å². The number of hydrogen-bond donors (Lipinski definition) is 9. The van der Waals surface area contributed by atoms with E-state index in [0.29, 0.717) is 124 Å². The molecule has 2 fully saturated rings. The van der Waals surface area contributed by atoms with E-state index < -0.39 is 48.0 Å². The number of nitrogens with zero attached hydrogens (tertiary/aromatic N) is 8. The fourth-order valence-electron chi connectivity index (χ4n) is 6.37. The van der Waals surface area contributed by atoms with Crippen molar-refractivity contribution < 1.29 is 85.0 Å². The van der Waals surface area contributed by atoms with Crippen LogP contribution in [0.4, 0.5) is 0 Å². The minimum absolute atomic E-state index is 0. The molecule has 10 N–H and O–H groups in total. The summed E-state index contributed by atoms with van der Waals surface area (Å²) in [6, 6.07) is 0. The maximum atomic E-state index is 11.1. The quantitative estimate of drug-likeness (QED) is 0.0513. The molecule has 0 aliphatic carbocycles. The Labute approximate surface area is 457 Å². The van der Waals surface area contributed by atoms with Crippen molar-refractivity contribution in [3.05, 3.63) is 0 Å². The SMILES string of the molecule is CC(O)CN1CCN(CC(=O)O)CCN(CC(=O)O)CCN(CC(=O)O)CC1.CC(O)CN1CCN(CC(=O)O)CCN(CC(=O)O)CCN(CC(=O)O)CC1.O=[C-]O.[Ca+2].[Ca+2].[Ca+2].[OH-]. The van der Waals surface area contributed by atoms with E-state index in [9.17, 15) is 39.0 Å². The first-order valence-corrected chi connectivity index (χ1v) is 19.2. The Balaban J connectivity index is -0.000000316. The molecule has 0 aromatic carbocycles. The monoisotopic (exact) mass is 990 g/mol. The standard InChI is InChI=1S/2C17H32N4O7.CHO2.3Ca.H2O/c2*1-14(22)10-18-2-4-19(11-15(23)24)6-8-21(13-17(27)28)9-7-20(5-3-18)12-16(25)26;2-1-3;;;;/h2*14,22H,2-13H2,1H3,(H,23,24)(H,25,26)(H,27,28);(H,2,3);;;;1H2/q;;-1;3*+2;/p-1. The molecule has 2 rings (SSSR count). The van der Waals surface area contributed by atoms with Gasteiger partial charge in [0.2, 0.25) is 0 Å². The first kappa shape index (κ1) is 71.6. The average Bonchev–Trinajstić information content (AvgIpc) is 3.09. The van der Waals surface area contributed by atoms with Crippen molar-refractivity contribution in [1.29, 1.82) is 0 Å². The van der Waals surface area contributed by atoms with Crippen LogP contribution in [0.2, 0.25) is 0 Å². The average molecular weight is 991 g/mol. The van der Waals surface area contributed by atoms with Gasteiger partial charge in [0.25, 0.3) is 0 Å². The predicted octanol–water partition coefficient (Wildman–Crippen LogP) is -6.02. The van der Waals surface area contributed by atoms with Crippen LogP contribution >= 0.6 is 0 Å². The number of rotatable bonds is 16. The van der Waals surface area contributed by atoms with Crippen molar-refractivity contribution >= 4 is 156 Å². The molecule has 2 unspecified atom stereocenters. The van der Waals surface area contributed by atoms with Gasteiger partial charge in [-0.15, -0.1) is 0 Å². The van der Waals surface area contributed by atoms with Crippen molar-refractivity contribution in [3.8, 4) is 0 Å². The zero-order valence-electron chi connectivity index (χ0n) is 36.7. The molecule has 2 aliphatic heterocycles. The Bertz CT molecular complexity index is 1130. The molecule has 0 spiro atoms. The minimum Gasteiger partial charge on any atom is -0.870 e. The van der Waals surface area contributed by atoms with E-state index in [1.165, 1.54) is 0 Å². The summed E-state index contributed by atoms with van der Waals surface area (Å²) in [7, 11) is 0. The van der Waals surface area contributed by atoms with Gasteiger partial charge in [0, 0.05) is 118 Å². The van der Waals surface area contributed by atoms with Gasteiger partial charge in [0.1, 0.15) is 0 Å². The predicted molar refractivity (Wildman–Crippen MR) is 228 cm³/mol. The molecule has 0 amide bonds. The number of β-amino-alcohol motifs (C(OH)–C–C–N with tert-alkyl or cyclic N) is 2. The van der Waals surface area contributed by atoms with Crippen LogP contribution in [0.3, 0.4) is 0 Å². The van der Waals surface area contributed by atoms with Crippen molar-refractivity contribution in [1.82, 2.24) is 39.2 Å². The Kier molecular flexibility index (Phi) is 48.8. The van der Waals surface area contributed by atoms with Crippen molar-refractivity contribution in [2.45, 2.75) is 26.1 Å². The van der Waals surface area contributed by atoms with Crippen molar-refractivity contribution in [2.75, 3.05) is 157 Å². The summed E-state index contributed by atoms with van der Waals surface area (Å²) in [6.45, 7) is 10.7. The number of aliphatic carboxylic acids is 6. The van der Waals surface area contributed by atoms with Gasteiger partial charge >= 0.3 is 149 Å². The molecule has 25 nitrogen and oxygen atoms in total. The fraction of sp³-hybridized carbons (Fsp3) is 0.800. The van der Waals surface area contributed by atoms with E-state index in [4.69, 9.17) is 40.5 Å². The number of carboxylic acid groups (broad SMARTS) is 6. The topological polar surface area (TPSA) is 357 Å². The Morgan fingerprint density at radius 2 is 0.492 bits per heavy atom. The van der Waals surface area contributed by atoms with Crippen LogP contribution in [0.1, 0.15) is 13.8 Å². The molecule has 2 aliphatic rings. The molecule has 0 aromatic heterocycles. The normalized spacial score (nSPS) is 18.7. The van der Waals surface area contributed by atoms with Gasteiger partial charge in [-0.1, -0.05) is 6.47 Å². The van der Waals surface area contributed by atoms with Crippen molar-refractivity contribution in [3.63, 3.8) is 0 Å². The number of hydrogen-bond acceptors (Lipinski definition) is 18. The van der Waals surface area contributed by atoms with Gasteiger partial charge in [-0.3, -0.25) is 68.0 Å². The van der Waals surface area contributed by atoms with E-state index in [2.05, 4.69) is 0 Å². The summed E-state index contributed by atoms with van der Waals surface area (Å²) in [5, 5.41) is 80.9. The summed E-state index contributed by atoms with van der Waals surface area (Å²) in [5.41, 5.74) is 0. The van der Waals surface area contributed by atoms with Gasteiger partial charge < -0.3 is 56.2 Å². The van der Waals surface area contributed by atoms with Gasteiger partial charge in [0.15, 0.2) is 0 Å². The number of carbonyl (C=O) groups is 6. The van der Waals surface area contributed by atoms with Gasteiger partial charge in [0.05, 0.1) is 51.5 Å². The smallest absolute Gasteiger partial charge is 0.870 e. The van der Waals surface area contributed by atoms with Gasteiger partial charge in [-0.25, -0.2) is 0 Å². The van der Waals surface area contributed by atoms with Gasteiger partial charge in [-0.05, 0) is 13.8 Å². The van der Waals surface area contributed by atoms with E-state index in [1.807, 2.05) is 9.80 Å². The second-order valence-electron chi connectivity index (χ2n) is 14.4. The maximum Gasteiger partial charge on any atom is 2.00 e. The molecule has 2 atom stereocenters. The summed E-state index contributed by atoms with van der Waals surface area (Å²) in [5.74, 6) is -5.77. The first-order valence-electron chi connectivity index (χ1n) is 19.2. The second kappa shape index (κ2) is 42.9. The largest absolute Gasteiger partial charge is 2.00 e. The molecule has 0 radical (unpaired) electrons. The van der Waals surface area contributed by atoms with Crippen LogP contribution in [0.5, 0.6) is 0 Å². The molecular weight excluding hydrogens is 925 g/mol. The van der Waals surface area contributed by atoms with E-state index in [1.54, 1.807) is 43.2 Å². The van der Waals surface area contributed by atoms with E-state index in [0.717, 1.165) is 0 Å². The number of aliphatic hydroxyl groups excluding tert-OH is 3. The molecular formula is C35H66Ca3N8O17+4. The fourth-order valence-corrected chi connectivity index (χ4v) is 6.37. The molecule has 2 saturated heterocycles. The minimum atomic E-state index is -0.982. The molecule has 28 heteroatoms. The summed E-state index contributed by atoms with van der Waals surface area (Å²) in [4.78, 5) is 89.4. The molecule has 0 saturated carbocycles. The Hall–Kier alpha value is -0.371. The summed E-state index contributed by atoms with van der Waals surface area (Å²) in [6.07, 6.45) is -1.11. The second-order valence-corrected chi connectivity index (χ2v) is 14.4. The van der Waals surface area contributed by atoms with Crippen LogP contribution in [-0.2, 0) is 33.6 Å². The number of aliphatic hydroxyl groups is 2. The first-order chi connectivity index (χ1) is 27.7. The molecule has 350 valence electrons. The maximum absolute atomic E-state index is 11.1. The van der Waals surface area contributed by atoms with E-state index >= 15 is 0 Å². The van der Waals surface area contributed by atoms with Gasteiger partial charge in [-0.2, -0.15) is 0 Å². The zero-order chi connectivity index (χ0) is 44.9. The third-order valence-electron chi connectivity index (χ3n) is 9.06. The van der Waals surface area contributed by atoms with Crippen LogP contribution in [-0.4, -0.2) is 415 Å². The van der Waals surface area contributed by atoms with Crippen LogP contribution in [0.25, 0.3) is 0 Å². The zero-order valence-corrected chi connectivity index (χ0v) is 43.3. The Morgan fingerprint density at radius 1 is 0.381 bits per heavy atom. The van der Waals surface area contributed by atoms with Crippen LogP contribution < -0.4 is 0 Å². The Morgan fingerprint density at radius 3 is 0.587 bits per heavy atom.